The predicted molar refractivity (Wildman–Crippen MR) is 78.8 cm³/mol. The van der Waals surface area contributed by atoms with Crippen LogP contribution in [-0.2, 0) is 0 Å². The van der Waals surface area contributed by atoms with E-state index in [2.05, 4.69) is 10.2 Å². The first kappa shape index (κ1) is 14.4. The van der Waals surface area contributed by atoms with Gasteiger partial charge in [0.05, 0.1) is 15.1 Å². The van der Waals surface area contributed by atoms with Crippen LogP contribution in [0, 0.1) is 0 Å². The first-order valence-electron chi connectivity index (χ1n) is 5.02. The Labute approximate surface area is 129 Å². The SMILES string of the molecule is Oc1ccc(N=Nc2c(Cl)cc(Cl)cc2Cl)c(Cl)c1. The Bertz CT molecular complexity index is 635. The normalized spacial score (nSPS) is 11.2. The number of nitrogens with zero attached hydrogens (tertiary/aromatic N) is 2. The highest BCUT2D eigenvalue weighted by molar-refractivity contribution is 6.41. The molecule has 98 valence electrons. The van der Waals surface area contributed by atoms with Crippen LogP contribution in [0.25, 0.3) is 0 Å². The van der Waals surface area contributed by atoms with E-state index in [1.54, 1.807) is 0 Å². The molecule has 0 amide bonds. The zero-order valence-electron chi connectivity index (χ0n) is 9.24. The van der Waals surface area contributed by atoms with Gasteiger partial charge < -0.3 is 5.11 Å². The summed E-state index contributed by atoms with van der Waals surface area (Å²) in [4.78, 5) is 0. The lowest BCUT2D eigenvalue weighted by atomic mass is 10.3. The Morgan fingerprint density at radius 2 is 1.42 bits per heavy atom. The Morgan fingerprint density at radius 1 is 0.789 bits per heavy atom. The number of phenols is 1. The molecule has 3 nitrogen and oxygen atoms in total. The van der Waals surface area contributed by atoms with Crippen LogP contribution < -0.4 is 0 Å². The number of halogens is 4. The third-order valence-electron chi connectivity index (χ3n) is 2.17. The summed E-state index contributed by atoms with van der Waals surface area (Å²) in [6, 6.07) is 7.37. The van der Waals surface area contributed by atoms with Crippen molar-refractivity contribution in [3.05, 3.63) is 50.4 Å². The minimum Gasteiger partial charge on any atom is -0.508 e. The van der Waals surface area contributed by atoms with Gasteiger partial charge in [0.1, 0.15) is 17.1 Å². The van der Waals surface area contributed by atoms with E-state index in [0.29, 0.717) is 16.4 Å². The van der Waals surface area contributed by atoms with Crippen LogP contribution in [-0.4, -0.2) is 5.11 Å². The van der Waals surface area contributed by atoms with Crippen LogP contribution in [0.1, 0.15) is 0 Å². The zero-order chi connectivity index (χ0) is 14.0. The largest absolute Gasteiger partial charge is 0.508 e. The summed E-state index contributed by atoms with van der Waals surface area (Å²) in [6.07, 6.45) is 0. The van der Waals surface area contributed by atoms with Gasteiger partial charge in [0, 0.05) is 11.1 Å². The van der Waals surface area contributed by atoms with E-state index in [1.807, 2.05) is 0 Å². The van der Waals surface area contributed by atoms with Gasteiger partial charge in [0.25, 0.3) is 0 Å². The Balaban J connectivity index is 2.38. The molecule has 0 unspecified atom stereocenters. The highest BCUT2D eigenvalue weighted by atomic mass is 35.5. The molecule has 0 spiro atoms. The van der Waals surface area contributed by atoms with Crippen LogP contribution in [0.2, 0.25) is 20.1 Å². The summed E-state index contributed by atoms with van der Waals surface area (Å²) in [5.41, 5.74) is 0.693. The Hall–Kier alpha value is -1.000. The smallest absolute Gasteiger partial charge is 0.123 e. The minimum atomic E-state index is 0.0477. The molecular weight excluding hydrogens is 330 g/mol. The molecule has 7 heteroatoms. The third kappa shape index (κ3) is 3.51. The molecule has 0 aliphatic heterocycles. The second-order valence-electron chi connectivity index (χ2n) is 3.55. The molecule has 0 radical (unpaired) electrons. The number of azo groups is 1. The summed E-state index contributed by atoms with van der Waals surface area (Å²) in [7, 11) is 0. The molecule has 1 N–H and O–H groups in total. The van der Waals surface area contributed by atoms with E-state index in [-0.39, 0.29) is 20.8 Å². The van der Waals surface area contributed by atoms with Crippen molar-refractivity contribution < 1.29 is 5.11 Å². The molecule has 2 aromatic rings. The first-order chi connectivity index (χ1) is 8.97. The van der Waals surface area contributed by atoms with Crippen molar-refractivity contribution in [1.82, 2.24) is 0 Å². The average molecular weight is 336 g/mol. The second-order valence-corrected chi connectivity index (χ2v) is 5.21. The maximum Gasteiger partial charge on any atom is 0.123 e. The lowest BCUT2D eigenvalue weighted by molar-refractivity contribution is 0.475. The molecule has 2 aromatic carbocycles. The van der Waals surface area contributed by atoms with Gasteiger partial charge in [-0.25, -0.2) is 0 Å². The van der Waals surface area contributed by atoms with Crippen molar-refractivity contribution in [3.8, 4) is 5.75 Å². The Morgan fingerprint density at radius 3 is 2.00 bits per heavy atom. The van der Waals surface area contributed by atoms with E-state index in [0.717, 1.165) is 0 Å². The van der Waals surface area contributed by atoms with Crippen LogP contribution in [0.15, 0.2) is 40.6 Å². The molecule has 0 aliphatic rings. The van der Waals surface area contributed by atoms with Gasteiger partial charge in [-0.3, -0.25) is 0 Å². The van der Waals surface area contributed by atoms with Crippen LogP contribution in [0.4, 0.5) is 11.4 Å². The van der Waals surface area contributed by atoms with Gasteiger partial charge in [0.2, 0.25) is 0 Å². The number of rotatable bonds is 2. The predicted octanol–water partition coefficient (Wildman–Crippen LogP) is 6.42. The molecule has 0 aliphatic carbocycles. The van der Waals surface area contributed by atoms with Gasteiger partial charge in [-0.2, -0.15) is 0 Å². The van der Waals surface area contributed by atoms with Gasteiger partial charge in [-0.1, -0.05) is 46.4 Å². The first-order valence-corrected chi connectivity index (χ1v) is 6.53. The fourth-order valence-corrected chi connectivity index (χ4v) is 2.42. The van der Waals surface area contributed by atoms with Crippen molar-refractivity contribution in [2.24, 2.45) is 10.2 Å². The van der Waals surface area contributed by atoms with Crippen LogP contribution in [0.3, 0.4) is 0 Å². The molecule has 19 heavy (non-hydrogen) atoms. The fraction of sp³-hybridized carbons (Fsp3) is 0. The summed E-state index contributed by atoms with van der Waals surface area (Å²) >= 11 is 23.6. The van der Waals surface area contributed by atoms with Crippen molar-refractivity contribution in [1.29, 1.82) is 0 Å². The summed E-state index contributed by atoms with van der Waals surface area (Å²) < 4.78 is 0. The second kappa shape index (κ2) is 5.97. The summed E-state index contributed by atoms with van der Waals surface area (Å²) in [5.74, 6) is 0.0477. The molecule has 0 saturated heterocycles. The van der Waals surface area contributed by atoms with Crippen molar-refractivity contribution in [2.75, 3.05) is 0 Å². The van der Waals surface area contributed by atoms with E-state index in [1.165, 1.54) is 30.3 Å². The molecular formula is C12H6Cl4N2O. The van der Waals surface area contributed by atoms with E-state index >= 15 is 0 Å². The van der Waals surface area contributed by atoms with E-state index < -0.39 is 0 Å². The summed E-state index contributed by atoms with van der Waals surface area (Å²) in [6.45, 7) is 0. The van der Waals surface area contributed by atoms with Crippen molar-refractivity contribution >= 4 is 57.8 Å². The van der Waals surface area contributed by atoms with Crippen molar-refractivity contribution in [2.45, 2.75) is 0 Å². The third-order valence-corrected chi connectivity index (χ3v) is 3.27. The van der Waals surface area contributed by atoms with E-state index in [9.17, 15) is 5.11 Å². The number of phenolic OH excluding ortho intramolecular Hbond substituents is 1. The van der Waals surface area contributed by atoms with Gasteiger partial charge in [-0.15, -0.1) is 10.2 Å². The van der Waals surface area contributed by atoms with Crippen LogP contribution >= 0.6 is 46.4 Å². The molecule has 0 aromatic heterocycles. The maximum absolute atomic E-state index is 9.23. The van der Waals surface area contributed by atoms with Crippen molar-refractivity contribution in [3.63, 3.8) is 0 Å². The Kier molecular flexibility index (Phi) is 4.53. The van der Waals surface area contributed by atoms with E-state index in [4.69, 9.17) is 46.4 Å². The number of hydrogen-bond acceptors (Lipinski definition) is 3. The highest BCUT2D eigenvalue weighted by Crippen LogP contribution is 2.38. The average Bonchev–Trinajstić information content (AvgIpc) is 2.30. The molecule has 0 fully saturated rings. The topological polar surface area (TPSA) is 45.0 Å². The number of aromatic hydroxyl groups is 1. The molecule has 0 heterocycles. The maximum atomic E-state index is 9.23. The van der Waals surface area contributed by atoms with Gasteiger partial charge in [0.15, 0.2) is 0 Å². The molecule has 0 bridgehead atoms. The van der Waals surface area contributed by atoms with Crippen LogP contribution in [0.5, 0.6) is 5.75 Å². The molecule has 0 atom stereocenters. The van der Waals surface area contributed by atoms with Gasteiger partial charge >= 0.3 is 0 Å². The number of benzene rings is 2. The van der Waals surface area contributed by atoms with Gasteiger partial charge in [-0.05, 0) is 24.3 Å². The fourth-order valence-electron chi connectivity index (χ4n) is 1.31. The highest BCUT2D eigenvalue weighted by Gasteiger charge is 2.07. The molecule has 2 rings (SSSR count). The quantitative estimate of drug-likeness (QED) is 0.632. The monoisotopic (exact) mass is 334 g/mol. The number of hydrogen-bond donors (Lipinski definition) is 1. The molecule has 0 saturated carbocycles. The summed E-state index contributed by atoms with van der Waals surface area (Å²) in [5, 5.41) is 18.4. The lowest BCUT2D eigenvalue weighted by Gasteiger charge is -2.02. The minimum absolute atomic E-state index is 0.0477. The zero-order valence-corrected chi connectivity index (χ0v) is 12.3. The lowest BCUT2D eigenvalue weighted by Crippen LogP contribution is -1.73. The standard InChI is InChI=1S/C12H6Cl4N2O/c13-6-3-9(15)12(10(16)4-6)18-17-11-2-1-7(19)5-8(11)14/h1-5,19H.